The number of benzene rings is 3. The number of aromatic nitrogens is 2. The number of anilines is 1. The fourth-order valence-electron chi connectivity index (χ4n) is 8.38. The molecular formula is C38H43F2N5O5. The van der Waals surface area contributed by atoms with Crippen LogP contribution in [0, 0.1) is 11.6 Å². The number of hydrogen-bond acceptors (Lipinski definition) is 9. The zero-order chi connectivity index (χ0) is 34.7. The minimum atomic E-state index is -0.731. The lowest BCUT2D eigenvalue weighted by Gasteiger charge is -2.42. The minimum Gasteiger partial charge on any atom is -0.508 e. The monoisotopic (exact) mass is 687 g/mol. The number of carbonyl (C=O) groups excluding carboxylic acids is 1. The molecule has 5 heterocycles. The summed E-state index contributed by atoms with van der Waals surface area (Å²) in [6.45, 7) is 8.92. The lowest BCUT2D eigenvalue weighted by atomic mass is 9.96. The number of morpholine rings is 1. The van der Waals surface area contributed by atoms with Crippen LogP contribution in [-0.4, -0.2) is 100 Å². The van der Waals surface area contributed by atoms with E-state index in [0.29, 0.717) is 54.5 Å². The highest BCUT2D eigenvalue weighted by Crippen LogP contribution is 2.41. The molecule has 1 amide bonds. The predicted octanol–water partition coefficient (Wildman–Crippen LogP) is 6.65. The van der Waals surface area contributed by atoms with E-state index >= 15 is 8.78 Å². The second kappa shape index (κ2) is 12.8. The molecule has 4 fully saturated rings. The van der Waals surface area contributed by atoms with Crippen molar-refractivity contribution >= 4 is 33.6 Å². The number of phenols is 1. The first-order valence-electron chi connectivity index (χ1n) is 17.7. The smallest absolute Gasteiger partial charge is 0.410 e. The highest BCUT2D eigenvalue weighted by molar-refractivity contribution is 6.01. The first-order valence-corrected chi connectivity index (χ1v) is 17.7. The molecule has 0 saturated carbocycles. The van der Waals surface area contributed by atoms with Crippen molar-refractivity contribution in [1.29, 1.82) is 0 Å². The normalized spacial score (nSPS) is 23.6. The van der Waals surface area contributed by atoms with Crippen LogP contribution in [0.1, 0.15) is 52.9 Å². The van der Waals surface area contributed by atoms with E-state index in [-0.39, 0.29) is 52.2 Å². The lowest BCUT2D eigenvalue weighted by Crippen LogP contribution is -2.57. The molecule has 4 saturated heterocycles. The van der Waals surface area contributed by atoms with Gasteiger partial charge in [0.25, 0.3) is 0 Å². The number of piperazine rings is 1. The van der Waals surface area contributed by atoms with Gasteiger partial charge in [0, 0.05) is 37.3 Å². The van der Waals surface area contributed by atoms with Gasteiger partial charge in [-0.15, -0.1) is 0 Å². The lowest BCUT2D eigenvalue weighted by molar-refractivity contribution is -0.0161. The van der Waals surface area contributed by atoms with Crippen molar-refractivity contribution in [1.82, 2.24) is 19.8 Å². The largest absolute Gasteiger partial charge is 0.508 e. The van der Waals surface area contributed by atoms with Crippen LogP contribution in [0.25, 0.3) is 32.8 Å². The van der Waals surface area contributed by atoms with E-state index in [4.69, 9.17) is 19.2 Å². The number of ether oxygens (including phenoxy) is 3. The second-order valence-corrected chi connectivity index (χ2v) is 15.0. The Balaban J connectivity index is 1.15. The van der Waals surface area contributed by atoms with Crippen LogP contribution < -0.4 is 9.64 Å². The first kappa shape index (κ1) is 32.9. The molecule has 0 spiro atoms. The first-order chi connectivity index (χ1) is 24.0. The number of halogens is 2. The molecule has 4 aliphatic rings. The molecule has 1 N–H and O–H groups in total. The number of aromatic hydroxyl groups is 1. The van der Waals surface area contributed by atoms with E-state index in [0.717, 1.165) is 51.5 Å². The number of nitrogens with zero attached hydrogens (tertiary/aromatic N) is 5. The molecule has 4 unspecified atom stereocenters. The SMILES string of the molecule is CC(C)(C)OC(=O)N1C2CCC1CN(c1nc(OCCCN3C4CCC3COC4)nc3c(F)c(-c4cc(O)cc5ccccc45)cc(F)c13)C2. The quantitative estimate of drug-likeness (QED) is 0.214. The molecule has 3 aromatic carbocycles. The molecule has 0 radical (unpaired) electrons. The van der Waals surface area contributed by atoms with Crippen molar-refractivity contribution in [2.45, 2.75) is 82.6 Å². The standard InChI is InChI=1S/C38H43F2N5O5/c1-38(2,3)50-37(47)45-23-9-10-24(45)19-43(18-23)35-32-31(39)17-30(29-16-27(46)15-22-7-4-5-8-28(22)29)33(40)34(32)41-36(42-35)49-14-6-13-44-25-11-12-26(44)21-48-20-25/h4-5,7-8,15-17,23-26,46H,6,9-14,18-21H2,1-3H3. The Labute approximate surface area is 289 Å². The molecule has 12 heteroatoms. The van der Waals surface area contributed by atoms with E-state index in [2.05, 4.69) is 9.88 Å². The van der Waals surface area contributed by atoms with Crippen molar-refractivity contribution in [2.24, 2.45) is 0 Å². The summed E-state index contributed by atoms with van der Waals surface area (Å²) >= 11 is 0. The van der Waals surface area contributed by atoms with Gasteiger partial charge in [-0.1, -0.05) is 24.3 Å². The molecule has 4 bridgehead atoms. The summed E-state index contributed by atoms with van der Waals surface area (Å²) in [5.74, 6) is -1.24. The molecule has 0 aliphatic carbocycles. The molecule has 8 rings (SSSR count). The van der Waals surface area contributed by atoms with Crippen LogP contribution in [0.2, 0.25) is 0 Å². The Morgan fingerprint density at radius 2 is 1.66 bits per heavy atom. The molecule has 264 valence electrons. The van der Waals surface area contributed by atoms with Gasteiger partial charge in [0.2, 0.25) is 0 Å². The van der Waals surface area contributed by atoms with Crippen molar-refractivity contribution in [3.8, 4) is 22.9 Å². The zero-order valence-corrected chi connectivity index (χ0v) is 28.7. The Kier molecular flexibility index (Phi) is 8.42. The van der Waals surface area contributed by atoms with Crippen LogP contribution >= 0.6 is 0 Å². The number of phenolic OH excluding ortho intramolecular Hbond substituents is 1. The van der Waals surface area contributed by atoms with E-state index in [1.807, 2.05) is 49.9 Å². The number of amides is 1. The minimum absolute atomic E-state index is 0.0182. The summed E-state index contributed by atoms with van der Waals surface area (Å²) in [4.78, 5) is 28.6. The molecule has 4 atom stereocenters. The number of hydrogen-bond donors (Lipinski definition) is 1. The van der Waals surface area contributed by atoms with Gasteiger partial charge >= 0.3 is 12.1 Å². The van der Waals surface area contributed by atoms with Crippen molar-refractivity contribution in [3.05, 3.63) is 54.1 Å². The fourth-order valence-corrected chi connectivity index (χ4v) is 8.38. The maximum Gasteiger partial charge on any atom is 0.410 e. The van der Waals surface area contributed by atoms with Gasteiger partial charge < -0.3 is 24.2 Å². The van der Waals surface area contributed by atoms with Gasteiger partial charge in [0.1, 0.15) is 28.5 Å². The Hall–Kier alpha value is -4.29. The topological polar surface area (TPSA) is 100 Å². The molecule has 50 heavy (non-hydrogen) atoms. The van der Waals surface area contributed by atoms with Crippen LogP contribution in [0.5, 0.6) is 11.8 Å². The van der Waals surface area contributed by atoms with Crippen LogP contribution in [0.15, 0.2) is 42.5 Å². The number of carbonyl (C=O) groups is 1. The summed E-state index contributed by atoms with van der Waals surface area (Å²) in [5, 5.41) is 11.8. The second-order valence-electron chi connectivity index (χ2n) is 15.0. The Morgan fingerprint density at radius 1 is 0.960 bits per heavy atom. The third kappa shape index (κ3) is 6.06. The maximum absolute atomic E-state index is 16.8. The Morgan fingerprint density at radius 3 is 2.38 bits per heavy atom. The van der Waals surface area contributed by atoms with Gasteiger partial charge in [0.05, 0.1) is 37.3 Å². The summed E-state index contributed by atoms with van der Waals surface area (Å²) in [6.07, 6.45) is 4.15. The third-order valence-corrected chi connectivity index (χ3v) is 10.5. The van der Waals surface area contributed by atoms with Crippen molar-refractivity contribution in [2.75, 3.05) is 44.4 Å². The van der Waals surface area contributed by atoms with E-state index in [9.17, 15) is 9.90 Å². The van der Waals surface area contributed by atoms with Crippen molar-refractivity contribution in [3.63, 3.8) is 0 Å². The maximum atomic E-state index is 16.8. The molecule has 4 aromatic rings. The van der Waals surface area contributed by atoms with Crippen LogP contribution in [0.4, 0.5) is 19.4 Å². The van der Waals surface area contributed by atoms with E-state index < -0.39 is 17.2 Å². The predicted molar refractivity (Wildman–Crippen MR) is 186 cm³/mol. The molecule has 4 aliphatic heterocycles. The van der Waals surface area contributed by atoms with E-state index in [1.54, 1.807) is 11.0 Å². The summed E-state index contributed by atoms with van der Waals surface area (Å²) in [7, 11) is 0. The molecule has 1 aromatic heterocycles. The average Bonchev–Trinajstić information content (AvgIpc) is 3.46. The van der Waals surface area contributed by atoms with Gasteiger partial charge in [-0.2, -0.15) is 9.97 Å². The zero-order valence-electron chi connectivity index (χ0n) is 28.7. The Bertz CT molecular complexity index is 1920. The van der Waals surface area contributed by atoms with E-state index in [1.165, 1.54) is 6.07 Å². The van der Waals surface area contributed by atoms with Gasteiger partial charge in [-0.25, -0.2) is 13.6 Å². The highest BCUT2D eigenvalue weighted by atomic mass is 19.1. The van der Waals surface area contributed by atoms with Gasteiger partial charge in [-0.3, -0.25) is 9.80 Å². The molecule has 10 nitrogen and oxygen atoms in total. The summed E-state index contributed by atoms with van der Waals surface area (Å²) < 4.78 is 50.9. The number of fused-ring (bicyclic) bond motifs is 6. The van der Waals surface area contributed by atoms with Gasteiger partial charge in [0.15, 0.2) is 5.82 Å². The average molecular weight is 688 g/mol. The fraction of sp³-hybridized carbons (Fsp3) is 0.500. The summed E-state index contributed by atoms with van der Waals surface area (Å²) in [5.41, 5.74) is -0.495. The van der Waals surface area contributed by atoms with Crippen molar-refractivity contribution < 1.29 is 32.9 Å². The third-order valence-electron chi connectivity index (χ3n) is 10.5. The number of rotatable bonds is 7. The van der Waals surface area contributed by atoms with Crippen LogP contribution in [-0.2, 0) is 9.47 Å². The highest BCUT2D eigenvalue weighted by Gasteiger charge is 2.45. The molecular weight excluding hydrogens is 644 g/mol. The summed E-state index contributed by atoms with van der Waals surface area (Å²) in [6, 6.07) is 11.9. The van der Waals surface area contributed by atoms with Crippen LogP contribution in [0.3, 0.4) is 0 Å². The van der Waals surface area contributed by atoms with Gasteiger partial charge in [-0.05, 0) is 87.4 Å².